The van der Waals surface area contributed by atoms with E-state index in [4.69, 9.17) is 4.74 Å². The fourth-order valence-corrected chi connectivity index (χ4v) is 2.77. The molecule has 0 bridgehead atoms. The van der Waals surface area contributed by atoms with Gasteiger partial charge >= 0.3 is 5.97 Å². The maximum Gasteiger partial charge on any atom is 0.337 e. The number of ether oxygens (including phenoxy) is 2. The minimum absolute atomic E-state index is 0.0397. The molecule has 22 heavy (non-hydrogen) atoms. The third-order valence-corrected chi connectivity index (χ3v) is 3.62. The lowest BCUT2D eigenvalue weighted by Crippen LogP contribution is -3.16. The molecular weight excluding hydrogens is 284 g/mol. The zero-order chi connectivity index (χ0) is 16.1. The zero-order valence-electron chi connectivity index (χ0n) is 13.2. The van der Waals surface area contributed by atoms with Gasteiger partial charge in [-0.1, -0.05) is 0 Å². The van der Waals surface area contributed by atoms with Crippen LogP contribution in [0.3, 0.4) is 0 Å². The number of rotatable bonds is 4. The first-order valence-electron chi connectivity index (χ1n) is 7.45. The van der Waals surface area contributed by atoms with E-state index in [0.717, 1.165) is 13.1 Å². The van der Waals surface area contributed by atoms with Gasteiger partial charge in [0, 0.05) is 5.69 Å². The lowest BCUT2D eigenvalue weighted by molar-refractivity contribution is -0.907. The summed E-state index contributed by atoms with van der Waals surface area (Å²) in [5, 5.41) is 2.85. The highest BCUT2D eigenvalue weighted by atomic mass is 16.5. The molecule has 0 radical (unpaired) electrons. The number of hydrogen-bond acceptors (Lipinski definition) is 4. The van der Waals surface area contributed by atoms with Crippen molar-refractivity contribution >= 4 is 17.6 Å². The number of carbonyl (C=O) groups is 2. The van der Waals surface area contributed by atoms with Crippen molar-refractivity contribution in [2.45, 2.75) is 26.1 Å². The van der Waals surface area contributed by atoms with Gasteiger partial charge in [-0.2, -0.15) is 0 Å². The van der Waals surface area contributed by atoms with Crippen LogP contribution in [0.2, 0.25) is 0 Å². The minimum atomic E-state index is -0.390. The molecule has 1 aliphatic heterocycles. The van der Waals surface area contributed by atoms with Gasteiger partial charge in [0.1, 0.15) is 25.3 Å². The van der Waals surface area contributed by atoms with Crippen molar-refractivity contribution in [2.75, 3.05) is 32.1 Å². The molecule has 1 aliphatic rings. The average molecular weight is 307 g/mol. The molecule has 2 rings (SSSR count). The number of quaternary nitrogens is 1. The molecule has 1 aromatic carbocycles. The smallest absolute Gasteiger partial charge is 0.337 e. The Morgan fingerprint density at radius 1 is 1.23 bits per heavy atom. The Kier molecular flexibility index (Phi) is 5.51. The van der Waals surface area contributed by atoms with Crippen LogP contribution in [0.5, 0.6) is 0 Å². The van der Waals surface area contributed by atoms with Crippen molar-refractivity contribution in [3.8, 4) is 0 Å². The third kappa shape index (κ3) is 4.54. The van der Waals surface area contributed by atoms with Crippen molar-refractivity contribution in [1.29, 1.82) is 0 Å². The van der Waals surface area contributed by atoms with E-state index in [0.29, 0.717) is 17.8 Å². The summed E-state index contributed by atoms with van der Waals surface area (Å²) < 4.78 is 10.3. The summed E-state index contributed by atoms with van der Waals surface area (Å²) in [7, 11) is 1.34. The molecule has 1 fully saturated rings. The number of benzene rings is 1. The van der Waals surface area contributed by atoms with Gasteiger partial charge in [-0.3, -0.25) is 4.79 Å². The highest BCUT2D eigenvalue weighted by Crippen LogP contribution is 2.10. The normalized spacial score (nSPS) is 24.6. The molecule has 6 nitrogen and oxygen atoms in total. The van der Waals surface area contributed by atoms with Crippen LogP contribution in [0, 0.1) is 0 Å². The van der Waals surface area contributed by atoms with Gasteiger partial charge < -0.3 is 19.7 Å². The summed E-state index contributed by atoms with van der Waals surface area (Å²) in [4.78, 5) is 24.7. The average Bonchev–Trinajstić information content (AvgIpc) is 2.46. The van der Waals surface area contributed by atoms with Crippen molar-refractivity contribution in [1.82, 2.24) is 0 Å². The molecule has 0 aliphatic carbocycles. The van der Waals surface area contributed by atoms with Gasteiger partial charge in [-0.05, 0) is 38.1 Å². The van der Waals surface area contributed by atoms with Gasteiger partial charge in [0.15, 0.2) is 6.54 Å². The predicted octanol–water partition coefficient (Wildman–Crippen LogP) is 0.104. The van der Waals surface area contributed by atoms with Crippen molar-refractivity contribution < 1.29 is 24.0 Å². The number of esters is 1. The Labute approximate surface area is 130 Å². The van der Waals surface area contributed by atoms with Crippen LogP contribution < -0.4 is 10.2 Å². The van der Waals surface area contributed by atoms with E-state index in [2.05, 4.69) is 10.1 Å². The number of methoxy groups -OCH3 is 1. The summed E-state index contributed by atoms with van der Waals surface area (Å²) in [5.41, 5.74) is 1.13. The van der Waals surface area contributed by atoms with Gasteiger partial charge in [0.05, 0.1) is 12.7 Å². The molecule has 1 aromatic rings. The van der Waals surface area contributed by atoms with E-state index in [-0.39, 0.29) is 18.1 Å². The second kappa shape index (κ2) is 7.38. The fourth-order valence-electron chi connectivity index (χ4n) is 2.77. The Hall–Kier alpha value is -1.92. The standard InChI is InChI=1S/C16H22N2O4/c1-11-8-18(9-12(2)22-11)10-15(19)17-14-6-4-13(5-7-14)16(20)21-3/h4-7,11-12H,8-10H2,1-3H3,(H,17,19)/p+1/t11-,12+. The summed E-state index contributed by atoms with van der Waals surface area (Å²) in [6, 6.07) is 6.66. The third-order valence-electron chi connectivity index (χ3n) is 3.62. The van der Waals surface area contributed by atoms with Gasteiger partial charge in [-0.15, -0.1) is 0 Å². The van der Waals surface area contributed by atoms with E-state index in [1.54, 1.807) is 24.3 Å². The molecule has 6 heteroatoms. The van der Waals surface area contributed by atoms with E-state index in [9.17, 15) is 9.59 Å². The Balaban J connectivity index is 1.87. The fraction of sp³-hybridized carbons (Fsp3) is 0.500. The van der Waals surface area contributed by atoms with Gasteiger partial charge in [0.25, 0.3) is 5.91 Å². The van der Waals surface area contributed by atoms with Crippen LogP contribution in [0.4, 0.5) is 5.69 Å². The van der Waals surface area contributed by atoms with Gasteiger partial charge in [0.2, 0.25) is 0 Å². The van der Waals surface area contributed by atoms with Crippen molar-refractivity contribution in [3.05, 3.63) is 29.8 Å². The first kappa shape index (κ1) is 16.5. The van der Waals surface area contributed by atoms with E-state index in [1.807, 2.05) is 13.8 Å². The van der Waals surface area contributed by atoms with E-state index >= 15 is 0 Å². The number of anilines is 1. The molecule has 1 heterocycles. The second-order valence-corrected chi connectivity index (χ2v) is 5.71. The summed E-state index contributed by atoms with van der Waals surface area (Å²) in [5.74, 6) is -0.430. The maximum atomic E-state index is 12.1. The van der Waals surface area contributed by atoms with Crippen molar-refractivity contribution in [2.24, 2.45) is 0 Å². The van der Waals surface area contributed by atoms with Crippen LogP contribution in [0.15, 0.2) is 24.3 Å². The lowest BCUT2D eigenvalue weighted by atomic mass is 10.2. The zero-order valence-corrected chi connectivity index (χ0v) is 13.2. The number of carbonyl (C=O) groups excluding carboxylic acids is 2. The van der Waals surface area contributed by atoms with E-state index < -0.39 is 5.97 Å². The quantitative estimate of drug-likeness (QED) is 0.775. The highest BCUT2D eigenvalue weighted by Gasteiger charge is 2.27. The summed E-state index contributed by atoms with van der Waals surface area (Å²) in [6.07, 6.45) is 0.344. The molecular formula is C16H23N2O4+. The first-order valence-corrected chi connectivity index (χ1v) is 7.45. The predicted molar refractivity (Wildman–Crippen MR) is 82.0 cm³/mol. The molecule has 120 valence electrons. The van der Waals surface area contributed by atoms with Crippen LogP contribution in [0.1, 0.15) is 24.2 Å². The van der Waals surface area contributed by atoms with Crippen LogP contribution in [-0.2, 0) is 14.3 Å². The molecule has 0 saturated carbocycles. The van der Waals surface area contributed by atoms with Crippen molar-refractivity contribution in [3.63, 3.8) is 0 Å². The number of amides is 1. The molecule has 0 spiro atoms. The van der Waals surface area contributed by atoms with Crippen LogP contribution in [0.25, 0.3) is 0 Å². The molecule has 1 unspecified atom stereocenters. The number of hydrogen-bond donors (Lipinski definition) is 2. The highest BCUT2D eigenvalue weighted by molar-refractivity contribution is 5.93. The maximum absolute atomic E-state index is 12.1. The molecule has 0 aromatic heterocycles. The number of morpholine rings is 1. The first-order chi connectivity index (χ1) is 10.5. The molecule has 3 atom stereocenters. The molecule has 1 saturated heterocycles. The SMILES string of the molecule is COC(=O)c1ccc(NC(=O)C[NH+]2C[C@@H](C)O[C@@H](C)C2)cc1. The Morgan fingerprint density at radius 2 is 1.82 bits per heavy atom. The lowest BCUT2D eigenvalue weighted by Gasteiger charge is -2.31. The van der Waals surface area contributed by atoms with Crippen LogP contribution >= 0.6 is 0 Å². The topological polar surface area (TPSA) is 69.1 Å². The largest absolute Gasteiger partial charge is 0.465 e. The van der Waals surface area contributed by atoms with E-state index in [1.165, 1.54) is 12.0 Å². The monoisotopic (exact) mass is 307 g/mol. The number of nitrogens with one attached hydrogen (secondary N) is 2. The van der Waals surface area contributed by atoms with Crippen LogP contribution in [-0.4, -0.2) is 50.8 Å². The minimum Gasteiger partial charge on any atom is -0.465 e. The molecule has 1 amide bonds. The second-order valence-electron chi connectivity index (χ2n) is 5.71. The molecule has 2 N–H and O–H groups in total. The Morgan fingerprint density at radius 3 is 2.36 bits per heavy atom. The Bertz CT molecular complexity index is 519. The van der Waals surface area contributed by atoms with Gasteiger partial charge in [-0.25, -0.2) is 4.79 Å². The summed E-state index contributed by atoms with van der Waals surface area (Å²) in [6.45, 7) is 6.13. The summed E-state index contributed by atoms with van der Waals surface area (Å²) >= 11 is 0.